The summed E-state index contributed by atoms with van der Waals surface area (Å²) in [5.41, 5.74) is 4.79. The zero-order valence-electron chi connectivity index (χ0n) is 16.7. The molecule has 4 aromatic rings. The highest BCUT2D eigenvalue weighted by Gasteiger charge is 2.29. The Morgan fingerprint density at radius 3 is 2.03 bits per heavy atom. The minimum atomic E-state index is -2.10. The van der Waals surface area contributed by atoms with Gasteiger partial charge in [-0.1, -0.05) is 48.5 Å². The fourth-order valence-electron chi connectivity index (χ4n) is 3.80. The lowest BCUT2D eigenvalue weighted by Crippen LogP contribution is -2.19. The van der Waals surface area contributed by atoms with Gasteiger partial charge in [-0.3, -0.25) is 19.5 Å². The molecule has 3 aromatic heterocycles. The first-order chi connectivity index (χ1) is 15.2. The maximum Gasteiger partial charge on any atom is 0.232 e. The number of hydrogen-bond donors (Lipinski definition) is 2. The Hall–Kier alpha value is -3.26. The predicted molar refractivity (Wildman–Crippen MR) is 120 cm³/mol. The Morgan fingerprint density at radius 2 is 1.42 bits per heavy atom. The van der Waals surface area contributed by atoms with Crippen LogP contribution >= 0.6 is 0 Å². The molecule has 3 unspecified atom stereocenters. The lowest BCUT2D eigenvalue weighted by molar-refractivity contribution is 0.547. The van der Waals surface area contributed by atoms with Crippen molar-refractivity contribution in [2.24, 2.45) is 0 Å². The summed E-state index contributed by atoms with van der Waals surface area (Å²) in [6.45, 7) is 0.194. The van der Waals surface area contributed by atoms with Crippen LogP contribution in [0, 0.1) is 0 Å². The molecule has 3 heterocycles. The van der Waals surface area contributed by atoms with Gasteiger partial charge in [0.2, 0.25) is 11.3 Å². The fraction of sp³-hybridized carbons (Fsp3) is 0.125. The van der Waals surface area contributed by atoms with E-state index in [1.54, 1.807) is 12.4 Å². The van der Waals surface area contributed by atoms with E-state index < -0.39 is 11.3 Å². The van der Waals surface area contributed by atoms with E-state index in [1.165, 1.54) is 0 Å². The molecule has 31 heavy (non-hydrogen) atoms. The van der Waals surface area contributed by atoms with E-state index in [2.05, 4.69) is 39.0 Å². The van der Waals surface area contributed by atoms with Crippen molar-refractivity contribution in [1.29, 1.82) is 0 Å². The van der Waals surface area contributed by atoms with Crippen LogP contribution in [0.3, 0.4) is 0 Å². The average molecular weight is 431 g/mol. The van der Waals surface area contributed by atoms with Crippen LogP contribution < -0.4 is 4.72 Å². The normalized spacial score (nSPS) is 14.0. The van der Waals surface area contributed by atoms with E-state index in [4.69, 9.17) is 9.54 Å². The second kappa shape index (κ2) is 10.2. The zero-order valence-corrected chi connectivity index (χ0v) is 17.5. The van der Waals surface area contributed by atoms with Crippen LogP contribution in [0.4, 0.5) is 0 Å². The molecule has 0 spiro atoms. The summed E-state index contributed by atoms with van der Waals surface area (Å²) < 4.78 is 22.6. The molecule has 2 N–H and O–H groups in total. The van der Waals surface area contributed by atoms with E-state index in [1.807, 2.05) is 60.9 Å². The largest absolute Gasteiger partial charge is 0.294 e. The van der Waals surface area contributed by atoms with Crippen molar-refractivity contribution in [3.8, 4) is 0 Å². The third kappa shape index (κ3) is 5.27. The fourth-order valence-corrected chi connectivity index (χ4v) is 4.07. The number of aromatic nitrogens is 3. The highest BCUT2D eigenvalue weighted by Crippen LogP contribution is 2.41. The minimum absolute atomic E-state index is 0.0400. The zero-order chi connectivity index (χ0) is 21.5. The van der Waals surface area contributed by atoms with Crippen molar-refractivity contribution in [1.82, 2.24) is 19.7 Å². The van der Waals surface area contributed by atoms with E-state index in [-0.39, 0.29) is 18.4 Å². The van der Waals surface area contributed by atoms with E-state index in [0.29, 0.717) is 5.69 Å². The van der Waals surface area contributed by atoms with Gasteiger partial charge in [0, 0.05) is 42.3 Å². The van der Waals surface area contributed by atoms with Crippen LogP contribution in [-0.4, -0.2) is 23.7 Å². The lowest BCUT2D eigenvalue weighted by atomic mass is 9.76. The van der Waals surface area contributed by atoms with Crippen LogP contribution in [0.15, 0.2) is 97.6 Å². The molecule has 4 rings (SSSR count). The Kier molecular flexibility index (Phi) is 6.89. The van der Waals surface area contributed by atoms with Crippen LogP contribution in [0.5, 0.6) is 0 Å². The summed E-state index contributed by atoms with van der Waals surface area (Å²) in [5, 5.41) is 0. The van der Waals surface area contributed by atoms with Crippen molar-refractivity contribution in [3.63, 3.8) is 0 Å². The van der Waals surface area contributed by atoms with Crippen molar-refractivity contribution < 1.29 is 8.76 Å². The van der Waals surface area contributed by atoms with Crippen LogP contribution in [0.25, 0.3) is 0 Å². The number of pyridine rings is 3. The van der Waals surface area contributed by atoms with E-state index >= 15 is 0 Å². The number of hydrogen-bond acceptors (Lipinski definition) is 4. The first-order valence-electron chi connectivity index (χ1n) is 9.87. The SMILES string of the molecule is O=S(O)NCc1cccc(C(c2cccnc2)C(c2ccccc2)c2cccnc2)n1. The smallest absolute Gasteiger partial charge is 0.232 e. The summed E-state index contributed by atoms with van der Waals surface area (Å²) in [6.07, 6.45) is 7.28. The monoisotopic (exact) mass is 430 g/mol. The molecule has 0 saturated carbocycles. The maximum absolute atomic E-state index is 11.0. The highest BCUT2D eigenvalue weighted by atomic mass is 32.2. The molecule has 6 nitrogen and oxygen atoms in total. The van der Waals surface area contributed by atoms with Gasteiger partial charge in [0.1, 0.15) is 0 Å². The van der Waals surface area contributed by atoms with Gasteiger partial charge in [-0.25, -0.2) is 8.93 Å². The Labute approximate surface area is 183 Å². The molecule has 3 atom stereocenters. The summed E-state index contributed by atoms with van der Waals surface area (Å²) >= 11 is -2.10. The van der Waals surface area contributed by atoms with Gasteiger partial charge in [0.05, 0.1) is 12.2 Å². The van der Waals surface area contributed by atoms with Gasteiger partial charge in [-0.15, -0.1) is 0 Å². The Balaban J connectivity index is 1.86. The molecule has 1 aromatic carbocycles. The lowest BCUT2D eigenvalue weighted by Gasteiger charge is -2.28. The van der Waals surface area contributed by atoms with E-state index in [0.717, 1.165) is 22.4 Å². The number of nitrogens with zero attached hydrogens (tertiary/aromatic N) is 3. The van der Waals surface area contributed by atoms with Crippen molar-refractivity contribution in [3.05, 3.63) is 126 Å². The molecule has 7 heteroatoms. The van der Waals surface area contributed by atoms with Crippen molar-refractivity contribution in [2.45, 2.75) is 18.4 Å². The molecular weight excluding hydrogens is 408 g/mol. The van der Waals surface area contributed by atoms with Crippen LogP contribution in [-0.2, 0) is 17.8 Å². The third-order valence-corrected chi connectivity index (χ3v) is 5.49. The first kappa shape index (κ1) is 21.0. The van der Waals surface area contributed by atoms with Gasteiger partial charge < -0.3 is 0 Å². The quantitative estimate of drug-likeness (QED) is 0.412. The van der Waals surface area contributed by atoms with Crippen molar-refractivity contribution >= 4 is 11.3 Å². The molecule has 0 amide bonds. The highest BCUT2D eigenvalue weighted by molar-refractivity contribution is 7.77. The summed E-state index contributed by atoms with van der Waals surface area (Å²) in [5.74, 6) is -0.165. The number of rotatable bonds is 8. The second-order valence-electron chi connectivity index (χ2n) is 7.06. The molecular formula is C24H22N4O2S. The number of benzene rings is 1. The first-order valence-corrected chi connectivity index (χ1v) is 11.0. The third-order valence-electron chi connectivity index (χ3n) is 5.10. The molecule has 0 aliphatic carbocycles. The molecule has 0 bridgehead atoms. The number of nitrogens with one attached hydrogen (secondary N) is 1. The van der Waals surface area contributed by atoms with Gasteiger partial charge in [0.25, 0.3) is 0 Å². The van der Waals surface area contributed by atoms with Gasteiger partial charge in [-0.05, 0) is 41.0 Å². The van der Waals surface area contributed by atoms with Gasteiger partial charge >= 0.3 is 0 Å². The topological polar surface area (TPSA) is 88.0 Å². The van der Waals surface area contributed by atoms with Gasteiger partial charge in [0.15, 0.2) is 0 Å². The molecule has 0 radical (unpaired) electrons. The minimum Gasteiger partial charge on any atom is -0.294 e. The average Bonchev–Trinajstić information content (AvgIpc) is 2.83. The molecule has 0 fully saturated rings. The second-order valence-corrected chi connectivity index (χ2v) is 7.85. The van der Waals surface area contributed by atoms with Crippen LogP contribution in [0.1, 0.15) is 39.9 Å². The molecule has 0 aliphatic heterocycles. The van der Waals surface area contributed by atoms with Gasteiger partial charge in [-0.2, -0.15) is 0 Å². The van der Waals surface area contributed by atoms with E-state index in [9.17, 15) is 4.21 Å². The summed E-state index contributed by atoms with van der Waals surface area (Å²) in [7, 11) is 0. The van der Waals surface area contributed by atoms with Crippen molar-refractivity contribution in [2.75, 3.05) is 0 Å². The standard InChI is InChI=1S/C24H22N4O2S/c29-31(30)27-17-21-11-4-12-22(28-21)24(20-10-6-14-26-16-20)23(18-7-2-1-3-8-18)19-9-5-13-25-15-19/h1-16,23-24,27H,17H2,(H,29,30). The predicted octanol–water partition coefficient (Wildman–Crippen LogP) is 4.06. The molecule has 0 saturated heterocycles. The molecule has 156 valence electrons. The maximum atomic E-state index is 11.0. The Morgan fingerprint density at radius 1 is 0.774 bits per heavy atom. The van der Waals surface area contributed by atoms with Crippen LogP contribution in [0.2, 0.25) is 0 Å². The Bertz CT molecular complexity index is 1090. The molecule has 0 aliphatic rings. The summed E-state index contributed by atoms with van der Waals surface area (Å²) in [6, 6.07) is 24.0. The summed E-state index contributed by atoms with van der Waals surface area (Å²) in [4.78, 5) is 13.6.